The summed E-state index contributed by atoms with van der Waals surface area (Å²) in [7, 11) is 3.26. The molecular formula is C17H22N3O2. The second-order valence-corrected chi connectivity index (χ2v) is 4.96. The summed E-state index contributed by atoms with van der Waals surface area (Å²) in [6.07, 6.45) is 4.68. The number of anilines is 1. The summed E-state index contributed by atoms with van der Waals surface area (Å²) in [5.74, 6) is 2.06. The molecule has 1 aromatic carbocycles. The molecule has 117 valence electrons. The van der Waals surface area contributed by atoms with Crippen LogP contribution in [0, 0.1) is 6.42 Å². The van der Waals surface area contributed by atoms with Crippen LogP contribution in [0.15, 0.2) is 30.5 Å². The molecule has 0 saturated carbocycles. The van der Waals surface area contributed by atoms with Gasteiger partial charge in [0.2, 0.25) is 5.95 Å². The molecule has 1 aromatic heterocycles. The van der Waals surface area contributed by atoms with Crippen molar-refractivity contribution in [3.8, 4) is 11.5 Å². The lowest BCUT2D eigenvalue weighted by Gasteiger charge is -2.16. The Morgan fingerprint density at radius 3 is 2.64 bits per heavy atom. The predicted octanol–water partition coefficient (Wildman–Crippen LogP) is 3.43. The van der Waals surface area contributed by atoms with Crippen molar-refractivity contribution < 1.29 is 9.47 Å². The molecule has 0 spiro atoms. The molecule has 2 rings (SSSR count). The molecule has 0 aliphatic rings. The molecule has 2 aromatic rings. The molecule has 1 heterocycles. The minimum Gasteiger partial charge on any atom is -0.493 e. The summed E-state index contributed by atoms with van der Waals surface area (Å²) in [4.78, 5) is 8.77. The van der Waals surface area contributed by atoms with Crippen molar-refractivity contribution in [1.29, 1.82) is 0 Å². The SMILES string of the molecule is C[CH]Cc1ccnc(N[C@H](C)c2ccc(OC)c(OC)c2)n1. The Bertz CT molecular complexity index is 617. The maximum absolute atomic E-state index is 5.34. The molecule has 5 nitrogen and oxygen atoms in total. The summed E-state index contributed by atoms with van der Waals surface area (Å²) in [5, 5.41) is 3.31. The molecule has 0 unspecified atom stereocenters. The minimum absolute atomic E-state index is 0.0562. The van der Waals surface area contributed by atoms with E-state index in [1.54, 1.807) is 20.4 Å². The summed E-state index contributed by atoms with van der Waals surface area (Å²) in [6.45, 7) is 4.07. The van der Waals surface area contributed by atoms with Gasteiger partial charge in [0.05, 0.1) is 20.3 Å². The highest BCUT2D eigenvalue weighted by atomic mass is 16.5. The predicted molar refractivity (Wildman–Crippen MR) is 87.3 cm³/mol. The number of methoxy groups -OCH3 is 2. The zero-order valence-corrected chi connectivity index (χ0v) is 13.5. The zero-order chi connectivity index (χ0) is 15.9. The van der Waals surface area contributed by atoms with Gasteiger partial charge in [0, 0.05) is 11.9 Å². The van der Waals surface area contributed by atoms with Crippen LogP contribution in [0.1, 0.15) is 31.1 Å². The van der Waals surface area contributed by atoms with Crippen molar-refractivity contribution in [2.45, 2.75) is 26.3 Å². The maximum atomic E-state index is 5.34. The van der Waals surface area contributed by atoms with Gasteiger partial charge in [-0.15, -0.1) is 0 Å². The van der Waals surface area contributed by atoms with E-state index >= 15 is 0 Å². The van der Waals surface area contributed by atoms with Gasteiger partial charge in [0.1, 0.15) is 0 Å². The van der Waals surface area contributed by atoms with Gasteiger partial charge in [0.25, 0.3) is 0 Å². The second-order valence-electron chi connectivity index (χ2n) is 4.96. The van der Waals surface area contributed by atoms with Gasteiger partial charge in [-0.05, 0) is 43.5 Å². The molecule has 0 saturated heterocycles. The number of ether oxygens (including phenoxy) is 2. The third kappa shape index (κ3) is 3.87. The van der Waals surface area contributed by atoms with Crippen LogP contribution >= 0.6 is 0 Å². The molecule has 0 amide bonds. The first kappa shape index (κ1) is 16.1. The molecule has 22 heavy (non-hydrogen) atoms. The highest BCUT2D eigenvalue weighted by Gasteiger charge is 2.11. The van der Waals surface area contributed by atoms with E-state index in [1.807, 2.05) is 31.2 Å². The van der Waals surface area contributed by atoms with Gasteiger partial charge in [-0.3, -0.25) is 0 Å². The first-order valence-corrected chi connectivity index (χ1v) is 7.26. The quantitative estimate of drug-likeness (QED) is 0.849. The lowest BCUT2D eigenvalue weighted by Crippen LogP contribution is -2.10. The molecule has 0 fully saturated rings. The topological polar surface area (TPSA) is 56.3 Å². The molecule has 1 atom stereocenters. The molecule has 5 heteroatoms. The van der Waals surface area contributed by atoms with Crippen LogP contribution in [0.25, 0.3) is 0 Å². The van der Waals surface area contributed by atoms with Crippen LogP contribution in [-0.4, -0.2) is 24.2 Å². The van der Waals surface area contributed by atoms with Gasteiger partial charge in [-0.2, -0.15) is 0 Å². The second kappa shape index (κ2) is 7.64. The number of benzene rings is 1. The van der Waals surface area contributed by atoms with E-state index in [-0.39, 0.29) is 6.04 Å². The Labute approximate surface area is 131 Å². The Kier molecular flexibility index (Phi) is 5.58. The highest BCUT2D eigenvalue weighted by Crippen LogP contribution is 2.30. The van der Waals surface area contributed by atoms with Crippen molar-refractivity contribution in [3.05, 3.63) is 48.1 Å². The van der Waals surface area contributed by atoms with Crippen LogP contribution in [0.2, 0.25) is 0 Å². The van der Waals surface area contributed by atoms with E-state index in [9.17, 15) is 0 Å². The Hall–Kier alpha value is -2.30. The largest absolute Gasteiger partial charge is 0.493 e. The van der Waals surface area contributed by atoms with Gasteiger partial charge >= 0.3 is 0 Å². The smallest absolute Gasteiger partial charge is 0.223 e. The van der Waals surface area contributed by atoms with Crippen molar-refractivity contribution in [2.75, 3.05) is 19.5 Å². The third-order valence-electron chi connectivity index (χ3n) is 3.38. The fourth-order valence-electron chi connectivity index (χ4n) is 2.19. The number of hydrogen-bond acceptors (Lipinski definition) is 5. The van der Waals surface area contributed by atoms with Gasteiger partial charge in [-0.1, -0.05) is 13.0 Å². The van der Waals surface area contributed by atoms with E-state index in [0.717, 1.165) is 23.4 Å². The summed E-state index contributed by atoms with van der Waals surface area (Å²) >= 11 is 0. The lowest BCUT2D eigenvalue weighted by atomic mass is 10.1. The number of rotatable bonds is 7. The Balaban J connectivity index is 2.14. The number of hydrogen-bond donors (Lipinski definition) is 1. The standard InChI is InChI=1S/C17H22N3O2/c1-5-6-14-9-10-18-17(20-14)19-12(2)13-7-8-15(21-3)16(11-13)22-4/h5,7-12H,6H2,1-4H3,(H,18,19,20)/t12-/m1/s1. The molecule has 0 aliphatic carbocycles. The number of nitrogens with one attached hydrogen (secondary N) is 1. The van der Waals surface area contributed by atoms with Crippen molar-refractivity contribution in [2.24, 2.45) is 0 Å². The van der Waals surface area contributed by atoms with Gasteiger partial charge in [0.15, 0.2) is 11.5 Å². The van der Waals surface area contributed by atoms with Gasteiger partial charge < -0.3 is 14.8 Å². The average molecular weight is 300 g/mol. The highest BCUT2D eigenvalue weighted by molar-refractivity contribution is 5.45. The van der Waals surface area contributed by atoms with Crippen molar-refractivity contribution in [3.63, 3.8) is 0 Å². The van der Waals surface area contributed by atoms with Crippen LogP contribution in [-0.2, 0) is 6.42 Å². The van der Waals surface area contributed by atoms with Crippen LogP contribution in [0.5, 0.6) is 11.5 Å². The molecule has 0 bridgehead atoms. The van der Waals surface area contributed by atoms with E-state index in [0.29, 0.717) is 11.7 Å². The molecule has 0 aliphatic heterocycles. The van der Waals surface area contributed by atoms with Crippen LogP contribution in [0.3, 0.4) is 0 Å². The van der Waals surface area contributed by atoms with Crippen molar-refractivity contribution in [1.82, 2.24) is 9.97 Å². The number of nitrogens with zero attached hydrogens (tertiary/aromatic N) is 2. The maximum Gasteiger partial charge on any atom is 0.223 e. The van der Waals surface area contributed by atoms with Crippen LogP contribution in [0.4, 0.5) is 5.95 Å². The van der Waals surface area contributed by atoms with E-state index in [1.165, 1.54) is 0 Å². The van der Waals surface area contributed by atoms with E-state index in [4.69, 9.17) is 9.47 Å². The first-order valence-electron chi connectivity index (χ1n) is 7.26. The summed E-state index contributed by atoms with van der Waals surface area (Å²) < 4.78 is 10.6. The summed E-state index contributed by atoms with van der Waals surface area (Å²) in [5.41, 5.74) is 2.08. The average Bonchev–Trinajstić information content (AvgIpc) is 2.54. The van der Waals surface area contributed by atoms with Crippen LogP contribution < -0.4 is 14.8 Å². The fourth-order valence-corrected chi connectivity index (χ4v) is 2.19. The van der Waals surface area contributed by atoms with Crippen molar-refractivity contribution >= 4 is 5.95 Å². The minimum atomic E-state index is 0.0562. The van der Waals surface area contributed by atoms with E-state index in [2.05, 4.69) is 28.6 Å². The van der Waals surface area contributed by atoms with Gasteiger partial charge in [-0.25, -0.2) is 9.97 Å². The zero-order valence-electron chi connectivity index (χ0n) is 13.5. The molecular weight excluding hydrogens is 278 g/mol. The fraction of sp³-hybridized carbons (Fsp3) is 0.353. The first-order chi connectivity index (χ1) is 10.7. The number of aromatic nitrogens is 2. The van der Waals surface area contributed by atoms with E-state index < -0.39 is 0 Å². The summed E-state index contributed by atoms with van der Waals surface area (Å²) in [6, 6.07) is 7.84. The monoisotopic (exact) mass is 300 g/mol. The lowest BCUT2D eigenvalue weighted by molar-refractivity contribution is 0.354. The Morgan fingerprint density at radius 2 is 1.95 bits per heavy atom. The molecule has 1 radical (unpaired) electrons. The normalized spacial score (nSPS) is 11.8. The Morgan fingerprint density at radius 1 is 1.18 bits per heavy atom. The molecule has 1 N–H and O–H groups in total. The third-order valence-corrected chi connectivity index (χ3v) is 3.38.